The lowest BCUT2D eigenvalue weighted by molar-refractivity contribution is -0.130. The molecular weight excluding hydrogens is 280 g/mol. The molecule has 0 aliphatic heterocycles. The second kappa shape index (κ2) is 6.98. The summed E-state index contributed by atoms with van der Waals surface area (Å²) in [5.41, 5.74) is 1.44. The number of allylic oxidation sites excluding steroid dienone is 3. The fourth-order valence-electron chi connectivity index (χ4n) is 2.19. The van der Waals surface area contributed by atoms with Crippen LogP contribution in [0, 0.1) is 0 Å². The van der Waals surface area contributed by atoms with Gasteiger partial charge in [-0.1, -0.05) is 18.7 Å². The van der Waals surface area contributed by atoms with Crippen molar-refractivity contribution < 1.29 is 19.0 Å². The van der Waals surface area contributed by atoms with Gasteiger partial charge < -0.3 is 14.2 Å². The lowest BCUT2D eigenvalue weighted by Crippen LogP contribution is -2.09. The number of esters is 1. The first-order chi connectivity index (χ1) is 10.5. The molecule has 1 aliphatic rings. The van der Waals surface area contributed by atoms with E-state index in [1.165, 1.54) is 0 Å². The number of methoxy groups -OCH3 is 2. The zero-order valence-corrected chi connectivity index (χ0v) is 13.1. The molecule has 2 rings (SSSR count). The summed E-state index contributed by atoms with van der Waals surface area (Å²) in [6.07, 6.45) is 6.95. The Bertz CT molecular complexity index is 640. The van der Waals surface area contributed by atoms with E-state index in [1.54, 1.807) is 27.2 Å². The third-order valence-electron chi connectivity index (χ3n) is 3.47. The molecule has 1 atom stereocenters. The molecule has 0 bridgehead atoms. The number of ether oxygens (including phenoxy) is 3. The number of carbonyl (C=O) groups excluding carboxylic acids is 1. The van der Waals surface area contributed by atoms with Crippen LogP contribution in [0.3, 0.4) is 0 Å². The molecule has 0 aromatic heterocycles. The number of rotatable bonds is 5. The summed E-state index contributed by atoms with van der Waals surface area (Å²) in [5.74, 6) is 1.58. The minimum Gasteiger partial charge on any atom is -0.497 e. The maximum Gasteiger partial charge on any atom is 0.338 e. The summed E-state index contributed by atoms with van der Waals surface area (Å²) in [4.78, 5) is 11.6. The predicted octanol–water partition coefficient (Wildman–Crippen LogP) is 3.75. The molecule has 4 nitrogen and oxygen atoms in total. The SMILES string of the molecule is C=C(C)C(=O)Oc1ccc(C2C=CC(OC)=CC2)cc1OC. The van der Waals surface area contributed by atoms with E-state index in [4.69, 9.17) is 14.2 Å². The van der Waals surface area contributed by atoms with Gasteiger partial charge in [0.15, 0.2) is 11.5 Å². The predicted molar refractivity (Wildman–Crippen MR) is 85.0 cm³/mol. The number of hydrogen-bond donors (Lipinski definition) is 0. The van der Waals surface area contributed by atoms with Gasteiger partial charge >= 0.3 is 5.97 Å². The number of benzene rings is 1. The highest BCUT2D eigenvalue weighted by molar-refractivity contribution is 5.89. The summed E-state index contributed by atoms with van der Waals surface area (Å²) < 4.78 is 15.8. The summed E-state index contributed by atoms with van der Waals surface area (Å²) in [7, 11) is 3.21. The van der Waals surface area contributed by atoms with Crippen molar-refractivity contribution >= 4 is 5.97 Å². The molecule has 0 spiro atoms. The minimum absolute atomic E-state index is 0.249. The van der Waals surface area contributed by atoms with Crippen LogP contribution in [0.15, 0.2) is 54.3 Å². The molecule has 22 heavy (non-hydrogen) atoms. The molecule has 0 amide bonds. The van der Waals surface area contributed by atoms with Crippen molar-refractivity contribution in [2.24, 2.45) is 0 Å². The van der Waals surface area contributed by atoms with E-state index in [1.807, 2.05) is 24.3 Å². The molecule has 0 radical (unpaired) electrons. The number of carbonyl (C=O) groups is 1. The fourth-order valence-corrected chi connectivity index (χ4v) is 2.19. The second-order valence-electron chi connectivity index (χ2n) is 5.09. The zero-order valence-electron chi connectivity index (χ0n) is 13.1. The smallest absolute Gasteiger partial charge is 0.338 e. The van der Waals surface area contributed by atoms with Crippen molar-refractivity contribution in [3.8, 4) is 11.5 Å². The van der Waals surface area contributed by atoms with Crippen LogP contribution in [0.1, 0.15) is 24.8 Å². The van der Waals surface area contributed by atoms with E-state index in [0.29, 0.717) is 17.1 Å². The van der Waals surface area contributed by atoms with Crippen LogP contribution in [0.2, 0.25) is 0 Å². The molecule has 0 fully saturated rings. The van der Waals surface area contributed by atoms with E-state index in [-0.39, 0.29) is 5.92 Å². The van der Waals surface area contributed by atoms with Crippen molar-refractivity contribution in [1.29, 1.82) is 0 Å². The van der Waals surface area contributed by atoms with Crippen LogP contribution in [0.5, 0.6) is 11.5 Å². The summed E-state index contributed by atoms with van der Waals surface area (Å²) in [6.45, 7) is 5.18. The first-order valence-electron chi connectivity index (χ1n) is 7.03. The van der Waals surface area contributed by atoms with Crippen molar-refractivity contribution in [1.82, 2.24) is 0 Å². The average molecular weight is 300 g/mol. The molecule has 0 heterocycles. The van der Waals surface area contributed by atoms with Crippen molar-refractivity contribution in [3.63, 3.8) is 0 Å². The summed E-state index contributed by atoms with van der Waals surface area (Å²) in [5, 5.41) is 0. The van der Waals surface area contributed by atoms with Gasteiger partial charge in [0.1, 0.15) is 5.76 Å². The maximum atomic E-state index is 11.6. The number of hydrogen-bond acceptors (Lipinski definition) is 4. The van der Waals surface area contributed by atoms with E-state index < -0.39 is 5.97 Å². The molecule has 0 N–H and O–H groups in total. The first kappa shape index (κ1) is 15.9. The monoisotopic (exact) mass is 300 g/mol. The fraction of sp³-hybridized carbons (Fsp3) is 0.278. The molecular formula is C18H20O4. The van der Waals surface area contributed by atoms with Gasteiger partial charge in [-0.2, -0.15) is 0 Å². The van der Waals surface area contributed by atoms with Crippen LogP contribution in [-0.4, -0.2) is 20.2 Å². The molecule has 116 valence electrons. The van der Waals surface area contributed by atoms with Gasteiger partial charge in [0.25, 0.3) is 0 Å². The van der Waals surface area contributed by atoms with Crippen molar-refractivity contribution in [2.75, 3.05) is 14.2 Å². The highest BCUT2D eigenvalue weighted by atomic mass is 16.6. The van der Waals surface area contributed by atoms with Gasteiger partial charge in [0.05, 0.1) is 14.2 Å². The second-order valence-corrected chi connectivity index (χ2v) is 5.09. The first-order valence-corrected chi connectivity index (χ1v) is 7.03. The highest BCUT2D eigenvalue weighted by Gasteiger charge is 2.16. The van der Waals surface area contributed by atoms with Gasteiger partial charge in [-0.15, -0.1) is 0 Å². The summed E-state index contributed by atoms with van der Waals surface area (Å²) >= 11 is 0. The van der Waals surface area contributed by atoms with Crippen LogP contribution in [0.4, 0.5) is 0 Å². The van der Waals surface area contributed by atoms with E-state index >= 15 is 0 Å². The Morgan fingerprint density at radius 1 is 1.23 bits per heavy atom. The van der Waals surface area contributed by atoms with Crippen LogP contribution in [0.25, 0.3) is 0 Å². The molecule has 1 aromatic rings. The van der Waals surface area contributed by atoms with Crippen molar-refractivity contribution in [3.05, 3.63) is 59.9 Å². The molecule has 0 saturated heterocycles. The van der Waals surface area contributed by atoms with Crippen LogP contribution < -0.4 is 9.47 Å². The molecule has 4 heteroatoms. The van der Waals surface area contributed by atoms with Crippen LogP contribution >= 0.6 is 0 Å². The molecule has 0 saturated carbocycles. The van der Waals surface area contributed by atoms with Gasteiger partial charge in [0, 0.05) is 11.5 Å². The average Bonchev–Trinajstić information content (AvgIpc) is 2.55. The molecule has 1 aliphatic carbocycles. The Morgan fingerprint density at radius 2 is 2.00 bits per heavy atom. The standard InChI is InChI=1S/C18H20O4/c1-12(2)18(19)22-16-10-7-14(11-17(16)21-4)13-5-8-15(20-3)9-6-13/h5,7-11,13H,1,6H2,2-4H3. The van der Waals surface area contributed by atoms with Crippen molar-refractivity contribution in [2.45, 2.75) is 19.3 Å². The minimum atomic E-state index is -0.462. The van der Waals surface area contributed by atoms with Gasteiger partial charge in [0.2, 0.25) is 0 Å². The third-order valence-corrected chi connectivity index (χ3v) is 3.47. The van der Waals surface area contributed by atoms with Crippen LogP contribution in [-0.2, 0) is 9.53 Å². The van der Waals surface area contributed by atoms with Gasteiger partial charge in [-0.25, -0.2) is 4.79 Å². The Kier molecular flexibility index (Phi) is 5.04. The lowest BCUT2D eigenvalue weighted by atomic mass is 9.92. The Balaban J connectivity index is 2.19. The van der Waals surface area contributed by atoms with E-state index in [9.17, 15) is 4.79 Å². The largest absolute Gasteiger partial charge is 0.497 e. The van der Waals surface area contributed by atoms with E-state index in [0.717, 1.165) is 17.7 Å². The molecule has 1 aromatic carbocycles. The third kappa shape index (κ3) is 3.58. The highest BCUT2D eigenvalue weighted by Crippen LogP contribution is 2.34. The van der Waals surface area contributed by atoms with Gasteiger partial charge in [-0.3, -0.25) is 0 Å². The Morgan fingerprint density at radius 3 is 2.55 bits per heavy atom. The Hall–Kier alpha value is -2.49. The lowest BCUT2D eigenvalue weighted by Gasteiger charge is -2.18. The topological polar surface area (TPSA) is 44.8 Å². The summed E-state index contributed by atoms with van der Waals surface area (Å²) in [6, 6.07) is 5.57. The quantitative estimate of drug-likeness (QED) is 0.472. The van der Waals surface area contributed by atoms with E-state index in [2.05, 4.69) is 12.7 Å². The zero-order chi connectivity index (χ0) is 16.1. The van der Waals surface area contributed by atoms with Gasteiger partial charge in [-0.05, 0) is 43.2 Å². The Labute approximate surface area is 130 Å². The maximum absolute atomic E-state index is 11.6. The molecule has 1 unspecified atom stereocenters. The normalized spacial score (nSPS) is 16.7.